The smallest absolute Gasteiger partial charge is 0.0547 e. The fourth-order valence-electron chi connectivity index (χ4n) is 2.50. The summed E-state index contributed by atoms with van der Waals surface area (Å²) in [5, 5.41) is 6.64. The summed E-state index contributed by atoms with van der Waals surface area (Å²) in [4.78, 5) is 1.40. The Bertz CT molecular complexity index is 308. The molecule has 0 amide bonds. The third-order valence-corrected chi connectivity index (χ3v) is 4.70. The molecule has 0 bridgehead atoms. The lowest BCUT2D eigenvalue weighted by atomic mass is 9.85. The second kappa shape index (κ2) is 5.33. The molecule has 1 aliphatic rings. The topological polar surface area (TPSA) is 12.0 Å². The van der Waals surface area contributed by atoms with Gasteiger partial charge in [0.05, 0.1) is 5.02 Å². The van der Waals surface area contributed by atoms with Crippen LogP contribution in [0.2, 0.25) is 5.02 Å². The maximum Gasteiger partial charge on any atom is 0.0547 e. The minimum absolute atomic E-state index is 0.690. The van der Waals surface area contributed by atoms with E-state index in [1.807, 2.05) is 17.4 Å². The molecule has 2 rings (SSSR count). The fourth-order valence-corrected chi connectivity index (χ4v) is 3.86. The number of nitrogens with one attached hydrogen (secondary N) is 1. The average Bonchev–Trinajstić information content (AvgIpc) is 2.65. The number of rotatable bonds is 3. The lowest BCUT2D eigenvalue weighted by Crippen LogP contribution is -2.33. The highest BCUT2D eigenvalue weighted by molar-refractivity contribution is 7.10. The van der Waals surface area contributed by atoms with Crippen molar-refractivity contribution in [1.29, 1.82) is 0 Å². The van der Waals surface area contributed by atoms with Crippen LogP contribution in [-0.2, 0) is 0 Å². The monoisotopic (exact) mass is 243 g/mol. The molecule has 1 aliphatic carbocycles. The van der Waals surface area contributed by atoms with Crippen LogP contribution in [0.5, 0.6) is 0 Å². The number of halogens is 1. The van der Waals surface area contributed by atoms with Gasteiger partial charge >= 0.3 is 0 Å². The number of thiophene rings is 1. The Morgan fingerprint density at radius 1 is 1.53 bits per heavy atom. The van der Waals surface area contributed by atoms with Crippen molar-refractivity contribution >= 4 is 22.9 Å². The summed E-state index contributed by atoms with van der Waals surface area (Å²) in [7, 11) is 0. The normalized spacial score (nSPS) is 26.8. The van der Waals surface area contributed by atoms with E-state index in [0.717, 1.165) is 11.6 Å². The van der Waals surface area contributed by atoms with Crippen molar-refractivity contribution in [3.05, 3.63) is 21.3 Å². The maximum absolute atomic E-state index is 6.19. The molecule has 0 aromatic carbocycles. The zero-order valence-electron chi connectivity index (χ0n) is 9.13. The van der Waals surface area contributed by atoms with E-state index < -0.39 is 0 Å². The first-order valence-corrected chi connectivity index (χ1v) is 7.03. The molecule has 1 aromatic rings. The minimum atomic E-state index is 0.690. The molecule has 1 saturated carbocycles. The molecule has 0 radical (unpaired) electrons. The van der Waals surface area contributed by atoms with Crippen molar-refractivity contribution in [1.82, 2.24) is 5.32 Å². The molecule has 1 nitrogen and oxygen atoms in total. The van der Waals surface area contributed by atoms with Gasteiger partial charge in [-0.25, -0.2) is 0 Å². The Balaban J connectivity index is 2.01. The molecule has 2 unspecified atom stereocenters. The van der Waals surface area contributed by atoms with E-state index in [0.29, 0.717) is 12.0 Å². The summed E-state index contributed by atoms with van der Waals surface area (Å²) in [6.07, 6.45) is 5.22. The van der Waals surface area contributed by atoms with E-state index in [9.17, 15) is 0 Å². The van der Waals surface area contributed by atoms with Gasteiger partial charge in [-0.3, -0.25) is 0 Å². The van der Waals surface area contributed by atoms with Gasteiger partial charge in [0.15, 0.2) is 0 Å². The van der Waals surface area contributed by atoms with E-state index in [2.05, 4.69) is 17.6 Å². The lowest BCUT2D eigenvalue weighted by Gasteiger charge is -2.29. The van der Waals surface area contributed by atoms with Crippen molar-refractivity contribution in [3.8, 4) is 0 Å². The van der Waals surface area contributed by atoms with Gasteiger partial charge in [-0.15, -0.1) is 11.3 Å². The van der Waals surface area contributed by atoms with Crippen LogP contribution in [-0.4, -0.2) is 12.6 Å². The largest absolute Gasteiger partial charge is 0.314 e. The quantitative estimate of drug-likeness (QED) is 0.845. The van der Waals surface area contributed by atoms with Crippen LogP contribution in [0.3, 0.4) is 0 Å². The maximum atomic E-state index is 6.19. The fraction of sp³-hybridized carbons (Fsp3) is 0.667. The Morgan fingerprint density at radius 3 is 3.07 bits per heavy atom. The first kappa shape index (κ1) is 11.4. The Morgan fingerprint density at radius 2 is 2.40 bits per heavy atom. The summed E-state index contributed by atoms with van der Waals surface area (Å²) in [5.41, 5.74) is 0. The molecule has 3 heteroatoms. The number of hydrogen-bond donors (Lipinski definition) is 1. The summed E-state index contributed by atoms with van der Waals surface area (Å²) >= 11 is 8.00. The predicted octanol–water partition coefficient (Wildman–Crippen LogP) is 4.04. The Hall–Kier alpha value is -0.0500. The molecule has 1 N–H and O–H groups in total. The standard InChI is InChI=1S/C12H18ClNS/c1-2-14-10-5-3-4-9(8-10)12-11(13)6-7-15-12/h6-7,9-10,14H,2-5,8H2,1H3. The molecular weight excluding hydrogens is 226 g/mol. The van der Waals surface area contributed by atoms with Crippen LogP contribution in [0.4, 0.5) is 0 Å². The molecule has 0 aliphatic heterocycles. The van der Waals surface area contributed by atoms with Crippen molar-refractivity contribution < 1.29 is 0 Å². The van der Waals surface area contributed by atoms with E-state index >= 15 is 0 Å². The van der Waals surface area contributed by atoms with Crippen molar-refractivity contribution in [2.24, 2.45) is 0 Å². The molecule has 1 aromatic heterocycles. The van der Waals surface area contributed by atoms with E-state index in [1.165, 1.54) is 30.6 Å². The molecule has 1 fully saturated rings. The van der Waals surface area contributed by atoms with Gasteiger partial charge in [0.1, 0.15) is 0 Å². The van der Waals surface area contributed by atoms with E-state index in [4.69, 9.17) is 11.6 Å². The molecule has 0 saturated heterocycles. The molecule has 0 spiro atoms. The summed E-state index contributed by atoms with van der Waals surface area (Å²) in [5.74, 6) is 0.690. The van der Waals surface area contributed by atoms with Crippen LogP contribution < -0.4 is 5.32 Å². The third kappa shape index (κ3) is 2.74. The first-order valence-electron chi connectivity index (χ1n) is 5.77. The predicted molar refractivity (Wildman–Crippen MR) is 68.0 cm³/mol. The van der Waals surface area contributed by atoms with Crippen LogP contribution in [0.15, 0.2) is 11.4 Å². The van der Waals surface area contributed by atoms with Crippen molar-refractivity contribution in [3.63, 3.8) is 0 Å². The lowest BCUT2D eigenvalue weighted by molar-refractivity contribution is 0.347. The summed E-state index contributed by atoms with van der Waals surface area (Å²) in [6, 6.07) is 2.73. The molecule has 2 atom stereocenters. The zero-order chi connectivity index (χ0) is 10.7. The van der Waals surface area contributed by atoms with E-state index in [-0.39, 0.29) is 0 Å². The van der Waals surface area contributed by atoms with Crippen molar-refractivity contribution in [2.75, 3.05) is 6.54 Å². The van der Waals surface area contributed by atoms with Crippen molar-refractivity contribution in [2.45, 2.75) is 44.6 Å². The van der Waals surface area contributed by atoms with Crippen LogP contribution in [0, 0.1) is 0 Å². The molecule has 1 heterocycles. The Kier molecular flexibility index (Phi) is 4.06. The number of hydrogen-bond acceptors (Lipinski definition) is 2. The van der Waals surface area contributed by atoms with Gasteiger partial charge < -0.3 is 5.32 Å². The van der Waals surface area contributed by atoms with Gasteiger partial charge in [-0.2, -0.15) is 0 Å². The first-order chi connectivity index (χ1) is 7.31. The third-order valence-electron chi connectivity index (χ3n) is 3.18. The highest BCUT2D eigenvalue weighted by Crippen LogP contribution is 2.39. The highest BCUT2D eigenvalue weighted by atomic mass is 35.5. The van der Waals surface area contributed by atoms with Gasteiger partial charge in [-0.1, -0.05) is 24.9 Å². The zero-order valence-corrected chi connectivity index (χ0v) is 10.7. The molecule has 84 valence electrons. The van der Waals surface area contributed by atoms with Gasteiger partial charge in [0.25, 0.3) is 0 Å². The SMILES string of the molecule is CCNC1CCCC(c2sccc2Cl)C1. The molecular formula is C12H18ClNS. The van der Waals surface area contributed by atoms with Gasteiger partial charge in [0, 0.05) is 10.9 Å². The van der Waals surface area contributed by atoms with E-state index in [1.54, 1.807) is 0 Å². The van der Waals surface area contributed by atoms with Crippen LogP contribution in [0.25, 0.3) is 0 Å². The van der Waals surface area contributed by atoms with Crippen LogP contribution in [0.1, 0.15) is 43.4 Å². The minimum Gasteiger partial charge on any atom is -0.314 e. The van der Waals surface area contributed by atoms with Gasteiger partial charge in [0.2, 0.25) is 0 Å². The summed E-state index contributed by atoms with van der Waals surface area (Å²) < 4.78 is 0. The Labute approximate surface area is 101 Å². The molecule has 15 heavy (non-hydrogen) atoms. The second-order valence-electron chi connectivity index (χ2n) is 4.25. The van der Waals surface area contributed by atoms with Gasteiger partial charge in [-0.05, 0) is 43.2 Å². The highest BCUT2D eigenvalue weighted by Gasteiger charge is 2.24. The van der Waals surface area contributed by atoms with Crippen LogP contribution >= 0.6 is 22.9 Å². The average molecular weight is 244 g/mol. The second-order valence-corrected chi connectivity index (χ2v) is 5.61. The summed E-state index contributed by atoms with van der Waals surface area (Å²) in [6.45, 7) is 3.26.